The lowest BCUT2D eigenvalue weighted by molar-refractivity contribution is 0.312. The molecule has 3 aromatic rings. The van der Waals surface area contributed by atoms with E-state index in [1.54, 1.807) is 12.1 Å². The normalized spacial score (nSPS) is 11.4. The predicted molar refractivity (Wildman–Crippen MR) is 104 cm³/mol. The third kappa shape index (κ3) is 4.12. The third-order valence-electron chi connectivity index (χ3n) is 4.05. The zero-order valence-electron chi connectivity index (χ0n) is 15.4. The van der Waals surface area contributed by atoms with Crippen molar-refractivity contribution in [3.63, 3.8) is 0 Å². The van der Waals surface area contributed by atoms with Crippen molar-refractivity contribution in [3.05, 3.63) is 70.9 Å². The van der Waals surface area contributed by atoms with Crippen LogP contribution in [0.1, 0.15) is 13.3 Å². The van der Waals surface area contributed by atoms with Gasteiger partial charge in [0.25, 0.3) is 0 Å². The van der Waals surface area contributed by atoms with E-state index in [4.69, 9.17) is 4.74 Å². The molecule has 28 heavy (non-hydrogen) atoms. The molecule has 3 rings (SSSR count). The van der Waals surface area contributed by atoms with Gasteiger partial charge in [-0.3, -0.25) is 4.79 Å². The average Bonchev–Trinajstić information content (AvgIpc) is 2.67. The van der Waals surface area contributed by atoms with Gasteiger partial charge in [-0.15, -0.1) is 0 Å². The van der Waals surface area contributed by atoms with E-state index in [-0.39, 0.29) is 10.6 Å². The molecule has 0 N–H and O–H groups in total. The van der Waals surface area contributed by atoms with E-state index in [0.717, 1.165) is 10.9 Å². The SMILES string of the molecule is CCCOc1c(-c2ccc(S(C)(=O)=O)cc2)cnn(-c2ccc(F)cc2)c1=O. The molecule has 0 amide bonds. The summed E-state index contributed by atoms with van der Waals surface area (Å²) in [7, 11) is -3.32. The monoisotopic (exact) mass is 402 g/mol. The van der Waals surface area contributed by atoms with Gasteiger partial charge in [-0.25, -0.2) is 12.8 Å². The van der Waals surface area contributed by atoms with Crippen LogP contribution in [0.15, 0.2) is 64.4 Å². The van der Waals surface area contributed by atoms with Crippen molar-refractivity contribution in [2.75, 3.05) is 12.9 Å². The highest BCUT2D eigenvalue weighted by Gasteiger charge is 2.16. The molecule has 0 aliphatic heterocycles. The number of nitrogens with zero attached hydrogens (tertiary/aromatic N) is 2. The molecular weight excluding hydrogens is 383 g/mol. The highest BCUT2D eigenvalue weighted by atomic mass is 32.2. The van der Waals surface area contributed by atoms with Gasteiger partial charge < -0.3 is 4.74 Å². The van der Waals surface area contributed by atoms with Gasteiger partial charge in [-0.2, -0.15) is 9.78 Å². The van der Waals surface area contributed by atoms with E-state index in [9.17, 15) is 17.6 Å². The summed E-state index contributed by atoms with van der Waals surface area (Å²) in [4.78, 5) is 13.1. The van der Waals surface area contributed by atoms with Gasteiger partial charge in [0.15, 0.2) is 15.6 Å². The van der Waals surface area contributed by atoms with Crippen molar-refractivity contribution >= 4 is 9.84 Å². The van der Waals surface area contributed by atoms with Crippen LogP contribution in [-0.2, 0) is 9.84 Å². The molecule has 0 unspecified atom stereocenters. The second-order valence-corrected chi connectivity index (χ2v) is 8.24. The first-order valence-corrected chi connectivity index (χ1v) is 10.5. The fraction of sp³-hybridized carbons (Fsp3) is 0.200. The lowest BCUT2D eigenvalue weighted by Crippen LogP contribution is -2.24. The standard InChI is InChI=1S/C20H19FN2O4S/c1-3-12-27-19-18(14-4-10-17(11-5-14)28(2,25)26)13-22-23(20(19)24)16-8-6-15(21)7-9-16/h4-11,13H,3,12H2,1-2H3. The molecule has 146 valence electrons. The molecule has 0 bridgehead atoms. The maximum atomic E-state index is 13.2. The Balaban J connectivity index is 2.12. The number of hydrogen-bond acceptors (Lipinski definition) is 5. The molecule has 0 aliphatic rings. The Morgan fingerprint density at radius 1 is 1.07 bits per heavy atom. The van der Waals surface area contributed by atoms with Crippen molar-refractivity contribution in [2.45, 2.75) is 18.2 Å². The summed E-state index contributed by atoms with van der Waals surface area (Å²) in [5, 5.41) is 4.18. The molecule has 2 aromatic carbocycles. The summed E-state index contributed by atoms with van der Waals surface area (Å²) >= 11 is 0. The van der Waals surface area contributed by atoms with Gasteiger partial charge in [-0.1, -0.05) is 19.1 Å². The Hall–Kier alpha value is -3.00. The van der Waals surface area contributed by atoms with Crippen LogP contribution in [0.3, 0.4) is 0 Å². The Bertz CT molecular complexity index is 1140. The highest BCUT2D eigenvalue weighted by molar-refractivity contribution is 7.90. The van der Waals surface area contributed by atoms with E-state index < -0.39 is 21.2 Å². The molecule has 0 aliphatic carbocycles. The Morgan fingerprint density at radius 2 is 1.71 bits per heavy atom. The van der Waals surface area contributed by atoms with E-state index in [1.165, 1.54) is 42.6 Å². The van der Waals surface area contributed by atoms with Crippen molar-refractivity contribution in [1.29, 1.82) is 0 Å². The first-order chi connectivity index (χ1) is 13.3. The number of hydrogen-bond donors (Lipinski definition) is 0. The topological polar surface area (TPSA) is 78.3 Å². The summed E-state index contributed by atoms with van der Waals surface area (Å²) in [6, 6.07) is 11.5. The Kier molecular flexibility index (Phi) is 5.60. The molecule has 0 fully saturated rings. The maximum absolute atomic E-state index is 13.2. The average molecular weight is 402 g/mol. The number of aromatic nitrogens is 2. The molecule has 0 spiro atoms. The van der Waals surface area contributed by atoms with Crippen LogP contribution < -0.4 is 10.3 Å². The molecule has 1 heterocycles. The molecule has 8 heteroatoms. The van der Waals surface area contributed by atoms with E-state index in [2.05, 4.69) is 5.10 Å². The van der Waals surface area contributed by atoms with Crippen LogP contribution in [0.5, 0.6) is 5.75 Å². The third-order valence-corrected chi connectivity index (χ3v) is 5.18. The fourth-order valence-electron chi connectivity index (χ4n) is 2.64. The first kappa shape index (κ1) is 19.8. The number of sulfone groups is 1. The molecule has 1 aromatic heterocycles. The van der Waals surface area contributed by atoms with Gasteiger partial charge in [0.2, 0.25) is 0 Å². The predicted octanol–water partition coefficient (Wildman–Crippen LogP) is 3.23. The maximum Gasteiger partial charge on any atom is 0.314 e. The van der Waals surface area contributed by atoms with Gasteiger partial charge >= 0.3 is 5.56 Å². The summed E-state index contributed by atoms with van der Waals surface area (Å²) in [5.74, 6) is -0.310. The molecule has 0 atom stereocenters. The van der Waals surface area contributed by atoms with E-state index in [1.807, 2.05) is 6.92 Å². The van der Waals surface area contributed by atoms with Crippen LogP contribution in [0.2, 0.25) is 0 Å². The largest absolute Gasteiger partial charge is 0.487 e. The van der Waals surface area contributed by atoms with Crippen LogP contribution >= 0.6 is 0 Å². The second-order valence-electron chi connectivity index (χ2n) is 6.23. The highest BCUT2D eigenvalue weighted by Crippen LogP contribution is 2.28. The fourth-order valence-corrected chi connectivity index (χ4v) is 3.27. The van der Waals surface area contributed by atoms with Gasteiger partial charge in [0.1, 0.15) is 5.82 Å². The van der Waals surface area contributed by atoms with Crippen LogP contribution in [0, 0.1) is 5.82 Å². The van der Waals surface area contributed by atoms with Crippen molar-refractivity contribution in [3.8, 4) is 22.6 Å². The Morgan fingerprint density at radius 3 is 2.29 bits per heavy atom. The first-order valence-electron chi connectivity index (χ1n) is 8.63. The molecule has 0 saturated carbocycles. The number of rotatable bonds is 6. The zero-order chi connectivity index (χ0) is 20.3. The molecule has 0 radical (unpaired) electrons. The van der Waals surface area contributed by atoms with Crippen LogP contribution in [-0.4, -0.2) is 31.1 Å². The number of halogens is 1. The van der Waals surface area contributed by atoms with Gasteiger partial charge in [0.05, 0.1) is 23.4 Å². The lowest BCUT2D eigenvalue weighted by atomic mass is 10.1. The van der Waals surface area contributed by atoms with Crippen molar-refractivity contribution in [2.24, 2.45) is 0 Å². The van der Waals surface area contributed by atoms with Crippen molar-refractivity contribution < 1.29 is 17.5 Å². The smallest absolute Gasteiger partial charge is 0.314 e. The summed E-state index contributed by atoms with van der Waals surface area (Å²) in [6.07, 6.45) is 3.30. The number of benzene rings is 2. The lowest BCUT2D eigenvalue weighted by Gasteiger charge is -2.13. The molecule has 0 saturated heterocycles. The summed E-state index contributed by atoms with van der Waals surface area (Å²) in [6.45, 7) is 2.25. The van der Waals surface area contributed by atoms with E-state index in [0.29, 0.717) is 29.8 Å². The van der Waals surface area contributed by atoms with Gasteiger partial charge in [0, 0.05) is 11.8 Å². The van der Waals surface area contributed by atoms with Crippen molar-refractivity contribution in [1.82, 2.24) is 9.78 Å². The quantitative estimate of drug-likeness (QED) is 0.633. The van der Waals surface area contributed by atoms with Crippen LogP contribution in [0.25, 0.3) is 16.8 Å². The molecule has 6 nitrogen and oxygen atoms in total. The zero-order valence-corrected chi connectivity index (χ0v) is 16.2. The van der Waals surface area contributed by atoms with Crippen LogP contribution in [0.4, 0.5) is 4.39 Å². The van der Waals surface area contributed by atoms with E-state index >= 15 is 0 Å². The molecular formula is C20H19FN2O4S. The minimum absolute atomic E-state index is 0.105. The number of ether oxygens (including phenoxy) is 1. The Labute approximate surface area is 162 Å². The minimum atomic E-state index is -3.32. The summed E-state index contributed by atoms with van der Waals surface area (Å²) in [5.41, 5.74) is 0.989. The second kappa shape index (κ2) is 7.93. The minimum Gasteiger partial charge on any atom is -0.487 e. The van der Waals surface area contributed by atoms with Gasteiger partial charge in [-0.05, 0) is 48.4 Å². The summed E-state index contributed by atoms with van der Waals surface area (Å²) < 4.78 is 43.3.